The lowest BCUT2D eigenvalue weighted by atomic mass is 9.99. The molecule has 2 radical (unpaired) electrons. The molecular formula is C6H9BN2. The molecule has 0 aliphatic rings. The zero-order valence-electron chi connectivity index (χ0n) is 5.97. The lowest BCUT2D eigenvalue weighted by Crippen LogP contribution is -2.16. The highest BCUT2D eigenvalue weighted by molar-refractivity contribution is 6.31. The summed E-state index contributed by atoms with van der Waals surface area (Å²) in [5.41, 5.74) is 2.85. The molecule has 1 aromatic rings. The molecule has 0 saturated heterocycles. The summed E-state index contributed by atoms with van der Waals surface area (Å²) in [6, 6.07) is 0. The summed E-state index contributed by atoms with van der Waals surface area (Å²) in [5.74, 6) is 0. The van der Waals surface area contributed by atoms with Gasteiger partial charge in [0.05, 0.1) is 5.69 Å². The Kier molecular flexibility index (Phi) is 1.35. The minimum Gasteiger partial charge on any atom is -0.283 e. The van der Waals surface area contributed by atoms with Crippen LogP contribution in [0.15, 0.2) is 0 Å². The fourth-order valence-electron chi connectivity index (χ4n) is 0.782. The highest BCUT2D eigenvalue weighted by Gasteiger charge is 2.00. The zero-order valence-corrected chi connectivity index (χ0v) is 5.97. The molecule has 0 bridgehead atoms. The normalized spacial score (nSPS) is 10.1. The first kappa shape index (κ1) is 6.40. The SMILES string of the molecule is [B]c1c(C)c(C)nn1C. The van der Waals surface area contributed by atoms with Gasteiger partial charge in [-0.1, -0.05) is 0 Å². The van der Waals surface area contributed by atoms with Gasteiger partial charge in [-0.15, -0.1) is 0 Å². The van der Waals surface area contributed by atoms with Crippen LogP contribution in [0.3, 0.4) is 0 Å². The summed E-state index contributed by atoms with van der Waals surface area (Å²) in [4.78, 5) is 0. The number of hydrogen-bond donors (Lipinski definition) is 0. The fourth-order valence-corrected chi connectivity index (χ4v) is 0.782. The molecular weight excluding hydrogens is 111 g/mol. The summed E-state index contributed by atoms with van der Waals surface area (Å²) < 4.78 is 1.69. The maximum atomic E-state index is 5.60. The molecule has 0 atom stereocenters. The van der Waals surface area contributed by atoms with Crippen LogP contribution in [0.4, 0.5) is 0 Å². The van der Waals surface area contributed by atoms with Crippen LogP contribution in [0.25, 0.3) is 0 Å². The Bertz CT molecular complexity index is 205. The first-order valence-electron chi connectivity index (χ1n) is 2.88. The van der Waals surface area contributed by atoms with E-state index in [9.17, 15) is 0 Å². The Balaban J connectivity index is 3.29. The monoisotopic (exact) mass is 120 g/mol. The van der Waals surface area contributed by atoms with Crippen LogP contribution in [0.5, 0.6) is 0 Å². The van der Waals surface area contributed by atoms with E-state index in [1.54, 1.807) is 4.68 Å². The standard InChI is InChI=1S/C6H9BN2/c1-4-5(2)8-9(3)6(4)7/h1-3H3. The van der Waals surface area contributed by atoms with Gasteiger partial charge in [-0.05, 0) is 25.0 Å². The van der Waals surface area contributed by atoms with Gasteiger partial charge in [0.15, 0.2) is 0 Å². The molecule has 0 spiro atoms. The van der Waals surface area contributed by atoms with Crippen LogP contribution in [0.1, 0.15) is 11.3 Å². The minimum atomic E-state index is 0.757. The van der Waals surface area contributed by atoms with Crippen molar-refractivity contribution in [3.8, 4) is 0 Å². The molecule has 1 rings (SSSR count). The van der Waals surface area contributed by atoms with Crippen LogP contribution < -0.4 is 5.59 Å². The second kappa shape index (κ2) is 1.90. The third-order valence-corrected chi connectivity index (χ3v) is 1.58. The van der Waals surface area contributed by atoms with Crippen LogP contribution in [0.2, 0.25) is 0 Å². The van der Waals surface area contributed by atoms with Gasteiger partial charge in [-0.25, -0.2) is 0 Å². The molecule has 0 aliphatic heterocycles. The Hall–Kier alpha value is -0.725. The highest BCUT2D eigenvalue weighted by Crippen LogP contribution is 1.96. The average molecular weight is 120 g/mol. The van der Waals surface area contributed by atoms with Gasteiger partial charge < -0.3 is 0 Å². The first-order valence-corrected chi connectivity index (χ1v) is 2.88. The van der Waals surface area contributed by atoms with E-state index in [1.165, 1.54) is 0 Å². The first-order chi connectivity index (χ1) is 4.13. The summed E-state index contributed by atoms with van der Waals surface area (Å²) in [7, 11) is 7.45. The molecule has 0 saturated carbocycles. The topological polar surface area (TPSA) is 17.8 Å². The molecule has 0 fully saturated rings. The van der Waals surface area contributed by atoms with Crippen LogP contribution in [-0.2, 0) is 7.05 Å². The molecule has 9 heavy (non-hydrogen) atoms. The number of nitrogens with zero attached hydrogens (tertiary/aromatic N) is 2. The van der Waals surface area contributed by atoms with E-state index in [4.69, 9.17) is 7.85 Å². The second-order valence-electron chi connectivity index (χ2n) is 2.22. The third-order valence-electron chi connectivity index (χ3n) is 1.58. The molecule has 2 nitrogen and oxygen atoms in total. The second-order valence-corrected chi connectivity index (χ2v) is 2.22. The molecule has 3 heteroatoms. The van der Waals surface area contributed by atoms with E-state index in [0.29, 0.717) is 0 Å². The fraction of sp³-hybridized carbons (Fsp3) is 0.500. The van der Waals surface area contributed by atoms with E-state index in [2.05, 4.69) is 5.10 Å². The number of rotatable bonds is 0. The van der Waals surface area contributed by atoms with Gasteiger partial charge >= 0.3 is 0 Å². The van der Waals surface area contributed by atoms with Crippen LogP contribution in [-0.4, -0.2) is 17.6 Å². The molecule has 1 aromatic heterocycles. The molecule has 0 aromatic carbocycles. The van der Waals surface area contributed by atoms with E-state index in [0.717, 1.165) is 16.9 Å². The summed E-state index contributed by atoms with van der Waals surface area (Å²) in [6.45, 7) is 3.92. The van der Waals surface area contributed by atoms with Crippen molar-refractivity contribution in [2.45, 2.75) is 13.8 Å². The molecule has 0 unspecified atom stereocenters. The Morgan fingerprint density at radius 1 is 1.44 bits per heavy atom. The van der Waals surface area contributed by atoms with Crippen molar-refractivity contribution >= 4 is 13.4 Å². The molecule has 46 valence electrons. The van der Waals surface area contributed by atoms with Crippen molar-refractivity contribution in [3.05, 3.63) is 11.3 Å². The molecule has 0 N–H and O–H groups in total. The zero-order chi connectivity index (χ0) is 7.02. The Morgan fingerprint density at radius 3 is 2.11 bits per heavy atom. The largest absolute Gasteiger partial charge is 0.283 e. The van der Waals surface area contributed by atoms with E-state index < -0.39 is 0 Å². The highest BCUT2D eigenvalue weighted by atomic mass is 15.3. The van der Waals surface area contributed by atoms with Crippen molar-refractivity contribution in [2.24, 2.45) is 7.05 Å². The minimum absolute atomic E-state index is 0.757. The number of hydrogen-bond acceptors (Lipinski definition) is 1. The van der Waals surface area contributed by atoms with Crippen molar-refractivity contribution in [1.29, 1.82) is 0 Å². The Labute approximate surface area is 56.3 Å². The summed E-state index contributed by atoms with van der Waals surface area (Å²) in [6.07, 6.45) is 0. The molecule has 0 amide bonds. The van der Waals surface area contributed by atoms with Gasteiger partial charge in [0.2, 0.25) is 0 Å². The van der Waals surface area contributed by atoms with Gasteiger partial charge in [0, 0.05) is 7.05 Å². The number of aromatic nitrogens is 2. The average Bonchev–Trinajstić information content (AvgIpc) is 1.98. The summed E-state index contributed by atoms with van der Waals surface area (Å²) in [5, 5.41) is 4.10. The maximum absolute atomic E-state index is 5.60. The van der Waals surface area contributed by atoms with Crippen molar-refractivity contribution in [3.63, 3.8) is 0 Å². The number of aryl methyl sites for hydroxylation is 2. The lowest BCUT2D eigenvalue weighted by molar-refractivity contribution is 0.776. The van der Waals surface area contributed by atoms with Gasteiger partial charge in [0.1, 0.15) is 7.85 Å². The van der Waals surface area contributed by atoms with Crippen molar-refractivity contribution in [1.82, 2.24) is 9.78 Å². The predicted octanol–water partition coefficient (Wildman–Crippen LogP) is -0.169. The van der Waals surface area contributed by atoms with Gasteiger partial charge in [0.25, 0.3) is 0 Å². The van der Waals surface area contributed by atoms with Crippen molar-refractivity contribution < 1.29 is 0 Å². The van der Waals surface area contributed by atoms with Crippen LogP contribution in [0, 0.1) is 13.8 Å². The Morgan fingerprint density at radius 2 is 2.00 bits per heavy atom. The third kappa shape index (κ3) is 0.868. The molecule has 1 heterocycles. The van der Waals surface area contributed by atoms with Gasteiger partial charge in [-0.3, -0.25) is 4.68 Å². The quantitative estimate of drug-likeness (QED) is 0.434. The van der Waals surface area contributed by atoms with E-state index in [1.807, 2.05) is 20.9 Å². The molecule has 0 aliphatic carbocycles. The smallest absolute Gasteiger partial charge is 0.141 e. The van der Waals surface area contributed by atoms with Crippen LogP contribution >= 0.6 is 0 Å². The maximum Gasteiger partial charge on any atom is 0.141 e. The summed E-state index contributed by atoms with van der Waals surface area (Å²) >= 11 is 0. The van der Waals surface area contributed by atoms with E-state index in [-0.39, 0.29) is 0 Å². The van der Waals surface area contributed by atoms with Crippen molar-refractivity contribution in [2.75, 3.05) is 0 Å². The lowest BCUT2D eigenvalue weighted by Gasteiger charge is -1.91. The van der Waals surface area contributed by atoms with E-state index >= 15 is 0 Å². The van der Waals surface area contributed by atoms with Gasteiger partial charge in [-0.2, -0.15) is 5.10 Å². The predicted molar refractivity (Wildman–Crippen MR) is 38.1 cm³/mol.